The third kappa shape index (κ3) is 1.32. The largest absolute Gasteiger partial charge is 0.475 e. The highest BCUT2D eigenvalue weighted by atomic mass is 16.5. The summed E-state index contributed by atoms with van der Waals surface area (Å²) in [5, 5.41) is 14.3. The maximum absolute atomic E-state index is 8.99. The SMILES string of the molecule is CC1=NN(C)C(O)CO1. The Balaban J connectivity index is 2.58. The third-order valence-electron chi connectivity index (χ3n) is 1.17. The van der Waals surface area contributed by atoms with Gasteiger partial charge in [-0.25, -0.2) is 0 Å². The van der Waals surface area contributed by atoms with Crippen LogP contribution >= 0.6 is 0 Å². The zero-order valence-electron chi connectivity index (χ0n) is 5.53. The number of nitrogens with zero attached hydrogens (tertiary/aromatic N) is 2. The summed E-state index contributed by atoms with van der Waals surface area (Å²) in [5.74, 6) is 0.600. The van der Waals surface area contributed by atoms with E-state index in [-0.39, 0.29) is 0 Å². The lowest BCUT2D eigenvalue weighted by atomic mass is 10.5. The fourth-order valence-electron chi connectivity index (χ4n) is 0.621. The fourth-order valence-corrected chi connectivity index (χ4v) is 0.621. The highest BCUT2D eigenvalue weighted by Crippen LogP contribution is 2.01. The van der Waals surface area contributed by atoms with Crippen molar-refractivity contribution in [3.8, 4) is 0 Å². The van der Waals surface area contributed by atoms with Gasteiger partial charge in [0.25, 0.3) is 0 Å². The van der Waals surface area contributed by atoms with Crippen molar-refractivity contribution in [3.05, 3.63) is 0 Å². The minimum atomic E-state index is -0.589. The lowest BCUT2D eigenvalue weighted by Gasteiger charge is -2.25. The van der Waals surface area contributed by atoms with Crippen molar-refractivity contribution in [2.24, 2.45) is 5.10 Å². The quantitative estimate of drug-likeness (QED) is 0.485. The molecule has 0 fully saturated rings. The molecule has 0 aromatic heterocycles. The molecule has 1 N–H and O–H groups in total. The summed E-state index contributed by atoms with van der Waals surface area (Å²) in [6.45, 7) is 2.06. The molecule has 0 saturated heterocycles. The van der Waals surface area contributed by atoms with E-state index in [0.29, 0.717) is 12.5 Å². The summed E-state index contributed by atoms with van der Waals surface area (Å²) in [5.41, 5.74) is 0. The second kappa shape index (κ2) is 2.23. The molecule has 1 atom stereocenters. The Labute approximate surface area is 53.7 Å². The molecule has 0 radical (unpaired) electrons. The Kier molecular flexibility index (Phi) is 1.57. The molecule has 1 unspecified atom stereocenters. The van der Waals surface area contributed by atoms with Crippen LogP contribution in [0, 0.1) is 0 Å². The molecule has 0 aromatic carbocycles. The number of ether oxygens (including phenoxy) is 1. The summed E-state index contributed by atoms with van der Waals surface area (Å²) in [7, 11) is 1.71. The molecule has 4 nitrogen and oxygen atoms in total. The first-order valence-electron chi connectivity index (χ1n) is 2.79. The predicted octanol–water partition coefficient (Wildman–Crippen LogP) is -0.400. The van der Waals surface area contributed by atoms with Gasteiger partial charge >= 0.3 is 0 Å². The summed E-state index contributed by atoms with van der Waals surface area (Å²) >= 11 is 0. The number of hydrogen-bond acceptors (Lipinski definition) is 4. The van der Waals surface area contributed by atoms with Crippen LogP contribution in [0.25, 0.3) is 0 Å². The van der Waals surface area contributed by atoms with E-state index in [1.165, 1.54) is 5.01 Å². The summed E-state index contributed by atoms with van der Waals surface area (Å²) < 4.78 is 4.92. The summed E-state index contributed by atoms with van der Waals surface area (Å²) in [6, 6.07) is 0. The number of aliphatic hydroxyl groups is 1. The van der Waals surface area contributed by atoms with Crippen LogP contribution in [-0.4, -0.2) is 35.9 Å². The number of hydrogen-bond donors (Lipinski definition) is 1. The van der Waals surface area contributed by atoms with E-state index >= 15 is 0 Å². The van der Waals surface area contributed by atoms with Crippen LogP contribution in [0.5, 0.6) is 0 Å². The van der Waals surface area contributed by atoms with Gasteiger partial charge < -0.3 is 9.84 Å². The lowest BCUT2D eigenvalue weighted by molar-refractivity contribution is -0.0345. The molecule has 0 saturated carbocycles. The molecule has 1 aliphatic heterocycles. The standard InChI is InChI=1S/C5H10N2O2/c1-4-6-7(2)5(8)3-9-4/h5,8H,3H2,1-2H3. The van der Waals surface area contributed by atoms with Crippen molar-refractivity contribution < 1.29 is 9.84 Å². The van der Waals surface area contributed by atoms with Gasteiger partial charge in [0.15, 0.2) is 6.23 Å². The van der Waals surface area contributed by atoms with Gasteiger partial charge in [-0.15, -0.1) is 5.10 Å². The molecule has 0 amide bonds. The van der Waals surface area contributed by atoms with Crippen molar-refractivity contribution in [1.29, 1.82) is 0 Å². The molecule has 52 valence electrons. The normalized spacial score (nSPS) is 27.2. The Hall–Kier alpha value is -0.770. The second-order valence-electron chi connectivity index (χ2n) is 1.98. The van der Waals surface area contributed by atoms with Crippen LogP contribution < -0.4 is 0 Å². The van der Waals surface area contributed by atoms with E-state index in [2.05, 4.69) is 5.10 Å². The Morgan fingerprint density at radius 3 is 3.00 bits per heavy atom. The first-order chi connectivity index (χ1) is 4.20. The highest BCUT2D eigenvalue weighted by Gasteiger charge is 2.14. The van der Waals surface area contributed by atoms with Gasteiger partial charge in [-0.2, -0.15) is 0 Å². The van der Waals surface area contributed by atoms with Crippen LogP contribution in [0.1, 0.15) is 6.92 Å². The highest BCUT2D eigenvalue weighted by molar-refractivity contribution is 5.73. The van der Waals surface area contributed by atoms with Gasteiger partial charge in [0.05, 0.1) is 0 Å². The molecular weight excluding hydrogens is 120 g/mol. The van der Waals surface area contributed by atoms with E-state index < -0.39 is 6.23 Å². The smallest absolute Gasteiger partial charge is 0.203 e. The second-order valence-corrected chi connectivity index (χ2v) is 1.98. The molecule has 0 spiro atoms. The molecule has 9 heavy (non-hydrogen) atoms. The molecule has 0 aliphatic carbocycles. The molecule has 0 bridgehead atoms. The van der Waals surface area contributed by atoms with E-state index in [0.717, 1.165) is 0 Å². The maximum atomic E-state index is 8.99. The van der Waals surface area contributed by atoms with Gasteiger partial charge in [0, 0.05) is 14.0 Å². The van der Waals surface area contributed by atoms with E-state index in [1.807, 2.05) is 0 Å². The van der Waals surface area contributed by atoms with Gasteiger partial charge in [0.2, 0.25) is 5.90 Å². The van der Waals surface area contributed by atoms with E-state index in [9.17, 15) is 0 Å². The average molecular weight is 130 g/mol. The van der Waals surface area contributed by atoms with Crippen molar-refractivity contribution in [1.82, 2.24) is 5.01 Å². The van der Waals surface area contributed by atoms with Crippen molar-refractivity contribution in [3.63, 3.8) is 0 Å². The zero-order chi connectivity index (χ0) is 6.85. The molecule has 4 heteroatoms. The van der Waals surface area contributed by atoms with E-state index in [4.69, 9.17) is 9.84 Å². The molecule has 1 aliphatic rings. The zero-order valence-corrected chi connectivity index (χ0v) is 5.53. The van der Waals surface area contributed by atoms with Gasteiger partial charge in [-0.1, -0.05) is 0 Å². The number of rotatable bonds is 0. The van der Waals surface area contributed by atoms with Gasteiger partial charge in [-0.3, -0.25) is 5.01 Å². The number of likely N-dealkylation sites (N-methyl/N-ethyl adjacent to an activating group) is 1. The molecule has 0 aromatic rings. The first-order valence-corrected chi connectivity index (χ1v) is 2.79. The topological polar surface area (TPSA) is 45.1 Å². The van der Waals surface area contributed by atoms with Crippen LogP contribution in [0.4, 0.5) is 0 Å². The van der Waals surface area contributed by atoms with Crippen molar-refractivity contribution in [2.45, 2.75) is 13.2 Å². The maximum Gasteiger partial charge on any atom is 0.203 e. The van der Waals surface area contributed by atoms with Crippen LogP contribution in [-0.2, 0) is 4.74 Å². The number of hydrazone groups is 1. The van der Waals surface area contributed by atoms with Crippen molar-refractivity contribution in [2.75, 3.05) is 13.7 Å². The molecular formula is C5H10N2O2. The Morgan fingerprint density at radius 2 is 2.56 bits per heavy atom. The third-order valence-corrected chi connectivity index (χ3v) is 1.17. The molecule has 1 rings (SSSR count). The van der Waals surface area contributed by atoms with Crippen LogP contribution in [0.2, 0.25) is 0 Å². The predicted molar refractivity (Wildman–Crippen MR) is 32.8 cm³/mol. The average Bonchev–Trinajstić information content (AvgIpc) is 1.80. The monoisotopic (exact) mass is 130 g/mol. The molecule has 1 heterocycles. The van der Waals surface area contributed by atoms with Crippen molar-refractivity contribution >= 4 is 5.90 Å². The van der Waals surface area contributed by atoms with Crippen LogP contribution in [0.15, 0.2) is 5.10 Å². The summed E-state index contributed by atoms with van der Waals surface area (Å²) in [4.78, 5) is 0. The van der Waals surface area contributed by atoms with Gasteiger partial charge in [-0.05, 0) is 0 Å². The lowest BCUT2D eigenvalue weighted by Crippen LogP contribution is -2.37. The Bertz CT molecular complexity index is 135. The number of aliphatic hydroxyl groups excluding tert-OH is 1. The van der Waals surface area contributed by atoms with Gasteiger partial charge in [0.1, 0.15) is 6.61 Å². The minimum Gasteiger partial charge on any atom is -0.475 e. The van der Waals surface area contributed by atoms with E-state index in [1.54, 1.807) is 14.0 Å². The summed E-state index contributed by atoms with van der Waals surface area (Å²) in [6.07, 6.45) is -0.589. The Morgan fingerprint density at radius 1 is 1.89 bits per heavy atom. The first kappa shape index (κ1) is 6.35. The van der Waals surface area contributed by atoms with Crippen LogP contribution in [0.3, 0.4) is 0 Å². The fraction of sp³-hybridized carbons (Fsp3) is 0.800. The minimum absolute atomic E-state index is 0.311.